The number of fused-ring (bicyclic) bond motifs is 4. The van der Waals surface area contributed by atoms with Crippen molar-refractivity contribution in [1.29, 1.82) is 0 Å². The minimum atomic E-state index is -1.14. The molecule has 4 amide bonds. The van der Waals surface area contributed by atoms with Crippen LogP contribution in [0, 0.1) is 23.3 Å². The molecule has 4 heterocycles. The van der Waals surface area contributed by atoms with Gasteiger partial charge in [0.25, 0.3) is 11.8 Å². The van der Waals surface area contributed by atoms with Crippen molar-refractivity contribution in [1.82, 2.24) is 40.4 Å². The van der Waals surface area contributed by atoms with E-state index >= 15 is 0 Å². The molecule has 2 aliphatic heterocycles. The van der Waals surface area contributed by atoms with Crippen LogP contribution < -0.4 is 22.1 Å². The van der Waals surface area contributed by atoms with Crippen molar-refractivity contribution in [2.45, 2.75) is 118 Å². The van der Waals surface area contributed by atoms with Crippen LogP contribution in [0.4, 0.5) is 39.0 Å². The number of aliphatic carboxylic acids is 1. The second-order valence-electron chi connectivity index (χ2n) is 22.9. The normalized spacial score (nSPS) is 13.2. The summed E-state index contributed by atoms with van der Waals surface area (Å²) in [6.07, 6.45) is -1.53. The summed E-state index contributed by atoms with van der Waals surface area (Å²) in [6.45, 7) is 13.7. The monoisotopic (exact) mass is 1220 g/mol. The number of carboxylic acids is 1. The van der Waals surface area contributed by atoms with Crippen LogP contribution in [0.1, 0.15) is 110 Å². The number of carboxylic acid groups (broad SMARTS) is 1. The number of amides is 4. The molecule has 0 aliphatic carbocycles. The molecule has 0 fully saturated rings. The Labute approximate surface area is 508 Å². The van der Waals surface area contributed by atoms with Gasteiger partial charge in [-0.3, -0.25) is 14.4 Å². The zero-order valence-electron chi connectivity index (χ0n) is 49.7. The second-order valence-corrected chi connectivity index (χ2v) is 22.9. The van der Waals surface area contributed by atoms with Crippen molar-refractivity contribution in [3.8, 4) is 22.3 Å². The quantitative estimate of drug-likeness (QED) is 0.0398. The number of esters is 1. The molecule has 2 aliphatic rings. The van der Waals surface area contributed by atoms with Gasteiger partial charge in [-0.2, -0.15) is 0 Å². The average Bonchev–Trinajstić information content (AvgIpc) is 1.61. The lowest BCUT2D eigenvalue weighted by molar-refractivity contribution is -0.147. The highest BCUT2D eigenvalue weighted by Gasteiger charge is 2.30. The summed E-state index contributed by atoms with van der Waals surface area (Å²) in [6, 6.07) is 27.2. The molecule has 89 heavy (non-hydrogen) atoms. The molecule has 0 unspecified atom stereocenters. The van der Waals surface area contributed by atoms with E-state index < -0.39 is 83.9 Å². The van der Waals surface area contributed by atoms with E-state index in [1.54, 1.807) is 87.7 Å². The van der Waals surface area contributed by atoms with E-state index in [1.807, 2.05) is 48.5 Å². The number of nitrogens with zero attached hydrogens (tertiary/aromatic N) is 6. The Morgan fingerprint density at radius 2 is 0.921 bits per heavy atom. The largest absolute Gasteiger partial charge is 0.480 e. The molecule has 0 spiro atoms. The van der Waals surface area contributed by atoms with Crippen molar-refractivity contribution in [3.05, 3.63) is 177 Å². The maximum atomic E-state index is 14.5. The Balaban J connectivity index is 0.000000198. The molecular weight excluding hydrogens is 1160 g/mol. The van der Waals surface area contributed by atoms with Crippen LogP contribution in [0.2, 0.25) is 0 Å². The van der Waals surface area contributed by atoms with E-state index in [4.69, 9.17) is 30.8 Å². The number of aromatic nitrogens is 4. The summed E-state index contributed by atoms with van der Waals surface area (Å²) in [5.74, 6) is -7.01. The third-order valence-electron chi connectivity index (χ3n) is 13.7. The van der Waals surface area contributed by atoms with Gasteiger partial charge in [-0.15, -0.1) is 0 Å². The van der Waals surface area contributed by atoms with Gasteiger partial charge in [0.15, 0.2) is 23.3 Å². The number of carbonyl (C=O) groups excluding carboxylic acids is 5. The van der Waals surface area contributed by atoms with Gasteiger partial charge in [0.05, 0.1) is 17.6 Å². The zero-order chi connectivity index (χ0) is 64.8. The number of hydrogen-bond acceptors (Lipinski definition) is 16. The molecule has 25 heteroatoms. The van der Waals surface area contributed by atoms with Gasteiger partial charge < -0.3 is 56.3 Å². The van der Waals surface area contributed by atoms with E-state index in [0.29, 0.717) is 64.7 Å². The van der Waals surface area contributed by atoms with Crippen LogP contribution in [0.3, 0.4) is 0 Å². The third kappa shape index (κ3) is 16.0. The van der Waals surface area contributed by atoms with Crippen molar-refractivity contribution in [2.75, 3.05) is 11.5 Å². The minimum Gasteiger partial charge on any atom is -0.480 e. The number of nitrogen functional groups attached to an aromatic ring is 2. The number of nitrogens with one attached hydrogen (secondary N) is 2. The van der Waals surface area contributed by atoms with Gasteiger partial charge in [0.2, 0.25) is 11.9 Å². The highest BCUT2D eigenvalue weighted by atomic mass is 19.2. The fourth-order valence-corrected chi connectivity index (χ4v) is 9.53. The second kappa shape index (κ2) is 26.8. The molecule has 2 aromatic heterocycles. The maximum absolute atomic E-state index is 14.5. The van der Waals surface area contributed by atoms with Gasteiger partial charge in [0, 0.05) is 42.5 Å². The molecule has 8 aromatic rings. The third-order valence-corrected chi connectivity index (χ3v) is 13.7. The number of nitrogens with two attached hydrogens (primary N) is 2. The predicted octanol–water partition coefficient (Wildman–Crippen LogP) is 10.1. The highest BCUT2D eigenvalue weighted by Crippen LogP contribution is 2.35. The topological polar surface area (TPSA) is 305 Å². The molecule has 8 N–H and O–H groups in total. The summed E-state index contributed by atoms with van der Waals surface area (Å²) in [4.78, 5) is 93.2. The SMILES string of the molecule is C[C@H](NC(=O)OC(C)(C)C)C(=O)O.C[C@H](NC(=O)OC(C)(C)C)C(=O)OCc1cc(F)c(F)cc1-c1ccc2nc(N)nc(C(=O)N3Cc4ccccc4C3)c2c1.Nc1nc(C(=O)N2Cc3ccccc3C2)c2cc(-c3cc(F)c(F)cc3CO)ccc2n1. The Bertz CT molecular complexity index is 4030. The van der Waals surface area contributed by atoms with Crippen LogP contribution in [-0.2, 0) is 63.2 Å². The number of halogens is 4. The van der Waals surface area contributed by atoms with Gasteiger partial charge in [-0.25, -0.2) is 51.9 Å². The summed E-state index contributed by atoms with van der Waals surface area (Å²) in [5, 5.41) is 23.4. The van der Waals surface area contributed by atoms with Crippen LogP contribution in [0.25, 0.3) is 44.1 Å². The number of aliphatic hydroxyl groups excluding tert-OH is 1. The van der Waals surface area contributed by atoms with Crippen LogP contribution in [0.15, 0.2) is 109 Å². The maximum Gasteiger partial charge on any atom is 0.408 e. The number of anilines is 2. The average molecular weight is 1230 g/mol. The molecule has 0 bridgehead atoms. The highest BCUT2D eigenvalue weighted by molar-refractivity contribution is 6.07. The Morgan fingerprint density at radius 3 is 1.30 bits per heavy atom. The molecule has 0 saturated heterocycles. The first-order valence-electron chi connectivity index (χ1n) is 27.8. The van der Waals surface area contributed by atoms with Gasteiger partial charge in [-0.1, -0.05) is 60.7 Å². The van der Waals surface area contributed by atoms with Crippen molar-refractivity contribution in [2.24, 2.45) is 0 Å². The summed E-state index contributed by atoms with van der Waals surface area (Å²) in [5.41, 5.74) is 17.5. The first-order chi connectivity index (χ1) is 41.9. The number of rotatable bonds is 11. The lowest BCUT2D eigenvalue weighted by Crippen LogP contribution is -2.42. The first-order valence-corrected chi connectivity index (χ1v) is 27.8. The van der Waals surface area contributed by atoms with Crippen molar-refractivity contribution >= 4 is 69.6 Å². The standard InChI is InChI=1S/C32H31F2N5O5.C24H18F2N4O2.C8H15NO4/c1-17(36-31(42)44-32(2,3)4)29(41)43-16-21-12-24(33)25(34)13-22(21)18-9-10-26-23(11-18)27(38-30(35)37-26)28(40)39-14-19-7-5-6-8-20(19)15-39;25-19-8-16(12-31)17(9-20(19)26)13-5-6-21-18(7-13)22(29-24(27)28-21)23(32)30-10-14-3-1-2-4-15(14)11-30;1-5(6(10)11)9-7(12)13-8(2,3)4/h5-13,17H,14-16H2,1-4H3,(H,36,42)(H2,35,37,38);1-9,31H,10-12H2,(H2,27,28,29);5H,1-4H3,(H,9,12)(H,10,11)/t17-;;5-/m0.0/s1. The fourth-order valence-electron chi connectivity index (χ4n) is 9.53. The molecular formula is C64H64F4N10O11. The summed E-state index contributed by atoms with van der Waals surface area (Å²) < 4.78 is 71.8. The van der Waals surface area contributed by atoms with Crippen LogP contribution in [0.5, 0.6) is 0 Å². The molecule has 6 aromatic carbocycles. The predicted molar refractivity (Wildman–Crippen MR) is 320 cm³/mol. The molecule has 21 nitrogen and oxygen atoms in total. The molecule has 0 saturated carbocycles. The Kier molecular flexibility index (Phi) is 19.5. The van der Waals surface area contributed by atoms with E-state index in [0.717, 1.165) is 46.5 Å². The number of ether oxygens (including phenoxy) is 3. The van der Waals surface area contributed by atoms with Gasteiger partial charge >= 0.3 is 24.1 Å². The minimum absolute atomic E-state index is 0.0332. The van der Waals surface area contributed by atoms with E-state index in [1.165, 1.54) is 13.8 Å². The van der Waals surface area contributed by atoms with Crippen molar-refractivity contribution < 1.29 is 70.8 Å². The van der Waals surface area contributed by atoms with E-state index in [-0.39, 0.29) is 51.8 Å². The molecule has 464 valence electrons. The lowest BCUT2D eigenvalue weighted by atomic mass is 9.97. The van der Waals surface area contributed by atoms with Crippen LogP contribution in [-0.4, -0.2) is 99.2 Å². The number of carbonyl (C=O) groups is 6. The van der Waals surface area contributed by atoms with Crippen LogP contribution >= 0.6 is 0 Å². The molecule has 0 radical (unpaired) electrons. The van der Waals surface area contributed by atoms with E-state index in [9.17, 15) is 51.4 Å². The summed E-state index contributed by atoms with van der Waals surface area (Å²) >= 11 is 0. The van der Waals surface area contributed by atoms with E-state index in [2.05, 4.69) is 30.6 Å². The van der Waals surface area contributed by atoms with Crippen molar-refractivity contribution in [3.63, 3.8) is 0 Å². The van der Waals surface area contributed by atoms with Gasteiger partial charge in [0.1, 0.15) is 41.3 Å². The zero-order valence-corrected chi connectivity index (χ0v) is 49.7. The number of benzene rings is 6. The number of hydrogen-bond donors (Lipinski definition) is 6. The Morgan fingerprint density at radius 1 is 0.551 bits per heavy atom. The number of aliphatic hydroxyl groups is 1. The molecule has 2 atom stereocenters. The lowest BCUT2D eigenvalue weighted by Gasteiger charge is -2.21. The van der Waals surface area contributed by atoms with Gasteiger partial charge in [-0.05, 0) is 154 Å². The first kappa shape index (κ1) is 64.7. The smallest absolute Gasteiger partial charge is 0.408 e. The number of alkyl carbamates (subject to hydrolysis) is 2. The fraction of sp³-hybridized carbons (Fsp3) is 0.281. The summed E-state index contributed by atoms with van der Waals surface area (Å²) in [7, 11) is 0. The molecule has 10 rings (SSSR count). The Hall–Kier alpha value is -10.3.